The Morgan fingerprint density at radius 2 is 2.00 bits per heavy atom. The Bertz CT molecular complexity index is 779. The molecule has 1 N–H and O–H groups in total. The summed E-state index contributed by atoms with van der Waals surface area (Å²) in [6.45, 7) is 1.55. The average Bonchev–Trinajstić information content (AvgIpc) is 3.30. The quantitative estimate of drug-likeness (QED) is 0.806. The number of nitrogens with one attached hydrogen (secondary N) is 1. The molecule has 1 aliphatic rings. The lowest BCUT2D eigenvalue weighted by molar-refractivity contribution is -0.121. The number of nitrogens with zero attached hydrogens (tertiary/aromatic N) is 2. The fourth-order valence-electron chi connectivity index (χ4n) is 2.79. The molecular weight excluding hydrogens is 354 g/mol. The highest BCUT2D eigenvalue weighted by Gasteiger charge is 2.31. The first kappa shape index (κ1) is 18.1. The smallest absolute Gasteiger partial charge is 0.325 e. The number of hydrogen-bond acceptors (Lipinski definition) is 5. The van der Waals surface area contributed by atoms with Crippen molar-refractivity contribution >= 4 is 29.0 Å². The van der Waals surface area contributed by atoms with Crippen molar-refractivity contribution in [1.82, 2.24) is 10.2 Å². The SMILES string of the molecule is COc1ccc(N2CCN(CC(=O)NCc3cccs3)C2=O)cc1OC. The molecule has 1 aromatic carbocycles. The number of thiophene rings is 1. The van der Waals surface area contributed by atoms with Gasteiger partial charge in [-0.15, -0.1) is 11.3 Å². The number of benzene rings is 1. The second kappa shape index (κ2) is 8.09. The average molecular weight is 375 g/mol. The number of hydrogen-bond donors (Lipinski definition) is 1. The molecule has 7 nitrogen and oxygen atoms in total. The van der Waals surface area contributed by atoms with Crippen LogP contribution in [-0.2, 0) is 11.3 Å². The third-order valence-electron chi connectivity index (χ3n) is 4.15. The van der Waals surface area contributed by atoms with Gasteiger partial charge in [0.05, 0.1) is 20.8 Å². The van der Waals surface area contributed by atoms with E-state index in [0.29, 0.717) is 36.8 Å². The van der Waals surface area contributed by atoms with Crippen LogP contribution in [0.15, 0.2) is 35.7 Å². The molecule has 1 fully saturated rings. The number of rotatable bonds is 7. The first-order valence-electron chi connectivity index (χ1n) is 8.20. The first-order chi connectivity index (χ1) is 12.6. The van der Waals surface area contributed by atoms with E-state index in [-0.39, 0.29) is 18.5 Å². The summed E-state index contributed by atoms with van der Waals surface area (Å²) in [7, 11) is 3.12. The molecule has 3 amide bonds. The molecule has 8 heteroatoms. The standard InChI is InChI=1S/C18H21N3O4S/c1-24-15-6-5-13(10-16(15)25-2)21-8-7-20(18(21)23)12-17(22)19-11-14-4-3-9-26-14/h3-6,9-10H,7-8,11-12H2,1-2H3,(H,19,22). The Morgan fingerprint density at radius 3 is 2.69 bits per heavy atom. The van der Waals surface area contributed by atoms with Crippen molar-refractivity contribution in [3.8, 4) is 11.5 Å². The first-order valence-corrected chi connectivity index (χ1v) is 9.08. The van der Waals surface area contributed by atoms with Crippen LogP contribution in [0, 0.1) is 0 Å². The zero-order chi connectivity index (χ0) is 18.5. The highest BCUT2D eigenvalue weighted by Crippen LogP contribution is 2.32. The topological polar surface area (TPSA) is 71.1 Å². The molecule has 1 aliphatic heterocycles. The van der Waals surface area contributed by atoms with Gasteiger partial charge in [-0.05, 0) is 23.6 Å². The predicted octanol–water partition coefficient (Wildman–Crippen LogP) is 2.32. The van der Waals surface area contributed by atoms with Crippen molar-refractivity contribution in [3.05, 3.63) is 40.6 Å². The van der Waals surface area contributed by atoms with Gasteiger partial charge in [-0.1, -0.05) is 6.07 Å². The zero-order valence-electron chi connectivity index (χ0n) is 14.7. The van der Waals surface area contributed by atoms with Crippen LogP contribution in [0.4, 0.5) is 10.5 Å². The maximum absolute atomic E-state index is 12.6. The van der Waals surface area contributed by atoms with Gasteiger partial charge in [0.1, 0.15) is 6.54 Å². The fraction of sp³-hybridized carbons (Fsp3) is 0.333. The Kier molecular flexibility index (Phi) is 5.62. The molecular formula is C18H21N3O4S. The van der Waals surface area contributed by atoms with Crippen LogP contribution in [-0.4, -0.2) is 50.7 Å². The Hall–Kier alpha value is -2.74. The van der Waals surface area contributed by atoms with E-state index in [2.05, 4.69) is 5.32 Å². The van der Waals surface area contributed by atoms with Crippen molar-refractivity contribution < 1.29 is 19.1 Å². The van der Waals surface area contributed by atoms with Crippen LogP contribution in [0.2, 0.25) is 0 Å². The summed E-state index contributed by atoms with van der Waals surface area (Å²) in [4.78, 5) is 29.0. The van der Waals surface area contributed by atoms with E-state index in [4.69, 9.17) is 9.47 Å². The monoisotopic (exact) mass is 375 g/mol. The predicted molar refractivity (Wildman–Crippen MR) is 100 cm³/mol. The molecule has 1 aromatic heterocycles. The molecule has 1 saturated heterocycles. The van der Waals surface area contributed by atoms with Crippen LogP contribution in [0.25, 0.3) is 0 Å². The number of urea groups is 1. The maximum atomic E-state index is 12.6. The van der Waals surface area contributed by atoms with Gasteiger partial charge in [0.25, 0.3) is 0 Å². The van der Waals surface area contributed by atoms with E-state index in [0.717, 1.165) is 4.88 Å². The minimum Gasteiger partial charge on any atom is -0.493 e. The lowest BCUT2D eigenvalue weighted by Gasteiger charge is -2.19. The van der Waals surface area contributed by atoms with Crippen molar-refractivity contribution in [3.63, 3.8) is 0 Å². The van der Waals surface area contributed by atoms with E-state index in [1.807, 2.05) is 17.5 Å². The molecule has 3 rings (SSSR count). The molecule has 2 heterocycles. The number of ether oxygens (including phenoxy) is 2. The Morgan fingerprint density at radius 1 is 1.19 bits per heavy atom. The summed E-state index contributed by atoms with van der Waals surface area (Å²) in [5.41, 5.74) is 0.717. The molecule has 138 valence electrons. The summed E-state index contributed by atoms with van der Waals surface area (Å²) in [5.74, 6) is 0.999. The number of carbonyl (C=O) groups is 2. The maximum Gasteiger partial charge on any atom is 0.325 e. The number of carbonyl (C=O) groups excluding carboxylic acids is 2. The highest BCUT2D eigenvalue weighted by atomic mass is 32.1. The van der Waals surface area contributed by atoms with Crippen molar-refractivity contribution in [2.45, 2.75) is 6.54 Å². The second-order valence-electron chi connectivity index (χ2n) is 5.75. The van der Waals surface area contributed by atoms with Gasteiger partial charge in [-0.3, -0.25) is 9.69 Å². The third kappa shape index (κ3) is 3.91. The number of anilines is 1. The number of methoxy groups -OCH3 is 2. The van der Waals surface area contributed by atoms with Crippen molar-refractivity contribution in [2.24, 2.45) is 0 Å². The van der Waals surface area contributed by atoms with Crippen LogP contribution in [0.1, 0.15) is 4.88 Å². The molecule has 26 heavy (non-hydrogen) atoms. The molecule has 0 spiro atoms. The summed E-state index contributed by atoms with van der Waals surface area (Å²) >= 11 is 1.59. The third-order valence-corrected chi connectivity index (χ3v) is 5.02. The van der Waals surface area contributed by atoms with E-state index in [9.17, 15) is 9.59 Å². The zero-order valence-corrected chi connectivity index (χ0v) is 15.5. The van der Waals surface area contributed by atoms with Gasteiger partial charge in [-0.25, -0.2) is 4.79 Å². The molecule has 0 unspecified atom stereocenters. The van der Waals surface area contributed by atoms with Crippen molar-refractivity contribution in [2.75, 3.05) is 38.8 Å². The van der Waals surface area contributed by atoms with Gasteiger partial charge in [0, 0.05) is 29.7 Å². The molecule has 0 radical (unpaired) electrons. The Balaban J connectivity index is 1.60. The minimum atomic E-state index is -0.191. The van der Waals surface area contributed by atoms with Crippen LogP contribution >= 0.6 is 11.3 Å². The molecule has 2 aromatic rings. The summed E-state index contributed by atoms with van der Waals surface area (Å²) < 4.78 is 10.5. The van der Waals surface area contributed by atoms with Crippen molar-refractivity contribution in [1.29, 1.82) is 0 Å². The molecule has 0 saturated carbocycles. The van der Waals surface area contributed by atoms with Gasteiger partial charge >= 0.3 is 6.03 Å². The van der Waals surface area contributed by atoms with Gasteiger partial charge in [0.15, 0.2) is 11.5 Å². The van der Waals surface area contributed by atoms with Crippen LogP contribution in [0.3, 0.4) is 0 Å². The lowest BCUT2D eigenvalue weighted by Crippen LogP contribution is -2.39. The number of amides is 3. The van der Waals surface area contributed by atoms with E-state index in [1.54, 1.807) is 53.6 Å². The Labute approximate surface area is 156 Å². The lowest BCUT2D eigenvalue weighted by atomic mass is 10.2. The van der Waals surface area contributed by atoms with E-state index in [1.165, 1.54) is 0 Å². The highest BCUT2D eigenvalue weighted by molar-refractivity contribution is 7.09. The van der Waals surface area contributed by atoms with E-state index >= 15 is 0 Å². The molecule has 0 aliphatic carbocycles. The molecule has 0 atom stereocenters. The summed E-state index contributed by atoms with van der Waals surface area (Å²) in [6, 6.07) is 9.04. The minimum absolute atomic E-state index is 0.0496. The second-order valence-corrected chi connectivity index (χ2v) is 6.78. The summed E-state index contributed by atoms with van der Waals surface area (Å²) in [5, 5.41) is 4.81. The normalized spacial score (nSPS) is 13.8. The molecule has 0 bridgehead atoms. The van der Waals surface area contributed by atoms with Crippen LogP contribution < -0.4 is 19.7 Å². The van der Waals surface area contributed by atoms with Gasteiger partial charge < -0.3 is 19.7 Å². The summed E-state index contributed by atoms with van der Waals surface area (Å²) in [6.07, 6.45) is 0. The largest absolute Gasteiger partial charge is 0.493 e. The van der Waals surface area contributed by atoms with Gasteiger partial charge in [-0.2, -0.15) is 0 Å². The van der Waals surface area contributed by atoms with Gasteiger partial charge in [0.2, 0.25) is 5.91 Å². The van der Waals surface area contributed by atoms with Crippen LogP contribution in [0.5, 0.6) is 11.5 Å². The fourth-order valence-corrected chi connectivity index (χ4v) is 3.43. The van der Waals surface area contributed by atoms with E-state index < -0.39 is 0 Å².